The Morgan fingerprint density at radius 1 is 1.27 bits per heavy atom. The summed E-state index contributed by atoms with van der Waals surface area (Å²) in [6.45, 7) is 5.95. The van der Waals surface area contributed by atoms with Crippen molar-refractivity contribution in [3.05, 3.63) is 47.0 Å². The third-order valence-corrected chi connectivity index (χ3v) is 9.66. The fourth-order valence-corrected chi connectivity index (χ4v) is 7.31. The second kappa shape index (κ2) is 14.2. The third-order valence-electron chi connectivity index (χ3n) is 7.65. The van der Waals surface area contributed by atoms with Crippen molar-refractivity contribution in [2.45, 2.75) is 81.8 Å². The minimum absolute atomic E-state index is 0.0617. The zero-order chi connectivity index (χ0) is 30.4. The van der Waals surface area contributed by atoms with Crippen LogP contribution in [0.4, 0.5) is 4.79 Å². The Kier molecular flexibility index (Phi) is 11.7. The predicted octanol–water partition coefficient (Wildman–Crippen LogP) is 3.50. The van der Waals surface area contributed by atoms with E-state index in [9.17, 15) is 23.1 Å². The molecule has 1 aliphatic carbocycles. The lowest BCUT2D eigenvalue weighted by Gasteiger charge is -2.49. The zero-order valence-corrected chi connectivity index (χ0v) is 26.5. The number of amides is 3. The van der Waals surface area contributed by atoms with Crippen molar-refractivity contribution < 1.29 is 36.8 Å². The van der Waals surface area contributed by atoms with Crippen LogP contribution in [0.25, 0.3) is 0 Å². The van der Waals surface area contributed by atoms with Crippen molar-refractivity contribution in [3.63, 3.8) is 0 Å². The number of benzene rings is 1. The lowest BCUT2D eigenvalue weighted by Crippen LogP contribution is -2.64. The number of hydrogen-bond acceptors (Lipinski definition) is 9. The maximum Gasteiger partial charge on any atom is 0.321 e. The first-order valence-electron chi connectivity index (χ1n) is 13.4. The average molecular weight is 633 g/mol. The number of urea groups is 1. The number of carbonyl (C=O) groups excluding carboxylic acids is 2. The molecule has 0 aromatic heterocycles. The standard InChI is InChI=1S/C28H41ClN2O8S2/c1-18(2)10-11-22-27(3,39-22)25-24(37-4)21(30-26(33)31-23(32)14-29)12-13-28(25,34)17-40-16-20-9-7-6-8-19(20)15-38-41(5,35)36/h6-10,21-22,24-25,34H,11-17H2,1-5H3,(H2,30,31,32,33)/t21-,22-,24-,25-,27+,28+/m1/s1. The molecule has 230 valence electrons. The summed E-state index contributed by atoms with van der Waals surface area (Å²) in [6.07, 6.45) is 3.87. The molecule has 1 aromatic carbocycles. The summed E-state index contributed by atoms with van der Waals surface area (Å²) in [5.74, 6) is -0.558. The van der Waals surface area contributed by atoms with Gasteiger partial charge in [-0.15, -0.1) is 11.6 Å². The Bertz CT molecular complexity index is 1230. The molecule has 3 N–H and O–H groups in total. The fraction of sp³-hybridized carbons (Fsp3) is 0.643. The lowest BCUT2D eigenvalue weighted by molar-refractivity contribution is -0.137. The molecule has 2 aliphatic rings. The maximum atomic E-state index is 12.5. The Morgan fingerprint density at radius 2 is 1.95 bits per heavy atom. The van der Waals surface area contributed by atoms with Gasteiger partial charge in [-0.25, -0.2) is 4.79 Å². The van der Waals surface area contributed by atoms with Gasteiger partial charge in [-0.2, -0.15) is 20.2 Å². The molecule has 2 fully saturated rings. The second-order valence-corrected chi connectivity index (χ2v) is 14.0. The van der Waals surface area contributed by atoms with Gasteiger partial charge in [0.15, 0.2) is 0 Å². The number of rotatable bonds is 13. The largest absolute Gasteiger partial charge is 0.389 e. The smallest absolute Gasteiger partial charge is 0.321 e. The monoisotopic (exact) mass is 632 g/mol. The summed E-state index contributed by atoms with van der Waals surface area (Å²) in [5.41, 5.74) is 0.938. The molecule has 1 saturated heterocycles. The fourth-order valence-electron chi connectivity index (χ4n) is 5.62. The van der Waals surface area contributed by atoms with E-state index in [1.165, 1.54) is 17.3 Å². The topological polar surface area (TPSA) is 144 Å². The summed E-state index contributed by atoms with van der Waals surface area (Å²) in [4.78, 5) is 24.1. The van der Waals surface area contributed by atoms with E-state index in [2.05, 4.69) is 16.7 Å². The van der Waals surface area contributed by atoms with Gasteiger partial charge in [-0.05, 0) is 51.2 Å². The molecular weight excluding hydrogens is 592 g/mol. The number of carbonyl (C=O) groups is 2. The van der Waals surface area contributed by atoms with Gasteiger partial charge in [-0.1, -0.05) is 35.9 Å². The van der Waals surface area contributed by atoms with Gasteiger partial charge in [0.1, 0.15) is 11.5 Å². The first-order valence-corrected chi connectivity index (χ1v) is 16.9. The molecule has 10 nitrogen and oxygen atoms in total. The van der Waals surface area contributed by atoms with E-state index in [4.69, 9.17) is 25.3 Å². The number of aliphatic hydroxyl groups is 1. The minimum atomic E-state index is -3.59. The molecular formula is C28H41ClN2O8S2. The van der Waals surface area contributed by atoms with Crippen LogP contribution in [0.5, 0.6) is 0 Å². The number of nitrogens with one attached hydrogen (secondary N) is 2. The summed E-state index contributed by atoms with van der Waals surface area (Å²) >= 11 is 7.05. The molecule has 1 saturated carbocycles. The Balaban J connectivity index is 1.80. The van der Waals surface area contributed by atoms with Crippen molar-refractivity contribution in [2.75, 3.05) is 25.0 Å². The SMILES string of the molecule is CO[C@@H]1[C@H](NC(=O)NC(=O)CCl)CC[C@](O)(CSCc2ccccc2COS(C)(=O)=O)[C@H]1[C@@]1(C)O[C@@H]1CC=C(C)C. The summed E-state index contributed by atoms with van der Waals surface area (Å²) in [6, 6.07) is 6.29. The van der Waals surface area contributed by atoms with E-state index in [0.29, 0.717) is 30.8 Å². The van der Waals surface area contributed by atoms with E-state index >= 15 is 0 Å². The summed E-state index contributed by atoms with van der Waals surface area (Å²) < 4.78 is 40.2. The van der Waals surface area contributed by atoms with Crippen LogP contribution in [0.1, 0.15) is 51.2 Å². The zero-order valence-electron chi connectivity index (χ0n) is 24.1. The molecule has 13 heteroatoms. The average Bonchev–Trinajstić information content (AvgIpc) is 3.57. The Labute approximate surface area is 252 Å². The van der Waals surface area contributed by atoms with Crippen LogP contribution >= 0.6 is 23.4 Å². The number of methoxy groups -OCH3 is 1. The third kappa shape index (κ3) is 9.16. The van der Waals surface area contributed by atoms with Crippen molar-refractivity contribution in [1.29, 1.82) is 0 Å². The number of thioether (sulfide) groups is 1. The summed E-state index contributed by atoms with van der Waals surface area (Å²) in [7, 11) is -2.04. The van der Waals surface area contributed by atoms with Crippen LogP contribution < -0.4 is 10.6 Å². The lowest BCUT2D eigenvalue weighted by atomic mass is 9.65. The van der Waals surface area contributed by atoms with Crippen LogP contribution in [-0.2, 0) is 40.9 Å². The molecule has 1 aromatic rings. The predicted molar refractivity (Wildman–Crippen MR) is 159 cm³/mol. The number of ether oxygens (including phenoxy) is 2. The van der Waals surface area contributed by atoms with Gasteiger partial charge < -0.3 is 19.9 Å². The molecule has 3 amide bonds. The number of halogens is 1. The Hall–Kier alpha value is -1.67. The number of allylic oxidation sites excluding steroid dienone is 1. The minimum Gasteiger partial charge on any atom is -0.389 e. The highest BCUT2D eigenvalue weighted by Crippen LogP contribution is 2.55. The van der Waals surface area contributed by atoms with E-state index in [1.807, 2.05) is 45.0 Å². The number of epoxide rings is 1. The van der Waals surface area contributed by atoms with Crippen LogP contribution in [0.2, 0.25) is 0 Å². The van der Waals surface area contributed by atoms with Crippen molar-refractivity contribution in [3.8, 4) is 0 Å². The molecule has 0 radical (unpaired) electrons. The van der Waals surface area contributed by atoms with Crippen LogP contribution in [-0.4, -0.2) is 79.9 Å². The number of alkyl halides is 1. The van der Waals surface area contributed by atoms with Crippen LogP contribution in [0.3, 0.4) is 0 Å². The van der Waals surface area contributed by atoms with E-state index < -0.39 is 51.3 Å². The van der Waals surface area contributed by atoms with Crippen LogP contribution in [0.15, 0.2) is 35.9 Å². The van der Waals surface area contributed by atoms with Crippen molar-refractivity contribution >= 4 is 45.4 Å². The number of imide groups is 1. The molecule has 0 unspecified atom stereocenters. The van der Waals surface area contributed by atoms with E-state index in [1.54, 1.807) is 7.11 Å². The molecule has 0 spiro atoms. The van der Waals surface area contributed by atoms with E-state index in [0.717, 1.165) is 17.4 Å². The quantitative estimate of drug-likeness (QED) is 0.129. The Morgan fingerprint density at radius 3 is 2.56 bits per heavy atom. The van der Waals surface area contributed by atoms with Gasteiger partial charge in [0, 0.05) is 24.5 Å². The van der Waals surface area contributed by atoms with Crippen molar-refractivity contribution in [2.24, 2.45) is 5.92 Å². The number of hydrogen-bond donors (Lipinski definition) is 3. The molecule has 6 atom stereocenters. The molecule has 41 heavy (non-hydrogen) atoms. The van der Waals surface area contributed by atoms with E-state index in [-0.39, 0.29) is 18.6 Å². The van der Waals surface area contributed by atoms with Gasteiger partial charge in [-0.3, -0.25) is 14.3 Å². The highest BCUT2D eigenvalue weighted by molar-refractivity contribution is 7.98. The highest BCUT2D eigenvalue weighted by atomic mass is 35.5. The maximum absolute atomic E-state index is 12.5. The first-order chi connectivity index (χ1) is 19.2. The molecule has 0 bridgehead atoms. The molecule has 3 rings (SSSR count). The normalized spacial score (nSPS) is 29.4. The summed E-state index contributed by atoms with van der Waals surface area (Å²) in [5, 5.41) is 17.2. The molecule has 1 aliphatic heterocycles. The first kappa shape index (κ1) is 33.8. The highest BCUT2D eigenvalue weighted by Gasteiger charge is 2.67. The second-order valence-electron chi connectivity index (χ2n) is 11.1. The van der Waals surface area contributed by atoms with Crippen LogP contribution in [0, 0.1) is 5.92 Å². The van der Waals surface area contributed by atoms with Gasteiger partial charge in [0.2, 0.25) is 5.91 Å². The van der Waals surface area contributed by atoms with Gasteiger partial charge >= 0.3 is 6.03 Å². The molecule has 1 heterocycles. The van der Waals surface area contributed by atoms with Crippen molar-refractivity contribution in [1.82, 2.24) is 10.6 Å². The van der Waals surface area contributed by atoms with Gasteiger partial charge in [0.25, 0.3) is 10.1 Å². The van der Waals surface area contributed by atoms with Gasteiger partial charge in [0.05, 0.1) is 36.7 Å².